The number of hydrogen-bond acceptors (Lipinski definition) is 4. The van der Waals surface area contributed by atoms with Gasteiger partial charge in [0.25, 0.3) is 0 Å². The van der Waals surface area contributed by atoms with E-state index in [4.69, 9.17) is 10.8 Å². The Balaban J connectivity index is 3.70. The van der Waals surface area contributed by atoms with E-state index in [9.17, 15) is 9.59 Å². The van der Waals surface area contributed by atoms with Crippen LogP contribution in [0.25, 0.3) is 0 Å². The van der Waals surface area contributed by atoms with E-state index in [-0.39, 0.29) is 18.9 Å². The Morgan fingerprint density at radius 2 is 2.18 bits per heavy atom. The number of aliphatic hydroxyl groups excluding tert-OH is 1. The molecule has 0 unspecified atom stereocenters. The summed E-state index contributed by atoms with van der Waals surface area (Å²) in [4.78, 5) is 20.8. The van der Waals surface area contributed by atoms with Crippen molar-refractivity contribution in [1.82, 2.24) is 5.32 Å². The van der Waals surface area contributed by atoms with Gasteiger partial charge in [-0.15, -0.1) is 0 Å². The van der Waals surface area contributed by atoms with Gasteiger partial charge in [0, 0.05) is 0 Å². The molecular weight excluding hydrogens is 148 g/mol. The van der Waals surface area contributed by atoms with E-state index in [0.717, 1.165) is 0 Å². The second-order valence-electron chi connectivity index (χ2n) is 2.22. The minimum absolute atomic E-state index is 0.0498. The van der Waals surface area contributed by atoms with Gasteiger partial charge in [0.05, 0.1) is 13.2 Å². The number of rotatable bonds is 5. The number of nitrogens with two attached hydrogens (primary N) is 1. The minimum atomic E-state index is -0.820. The molecule has 0 heterocycles. The van der Waals surface area contributed by atoms with Gasteiger partial charge >= 0.3 is 0 Å². The number of ketones is 1. The quantitative estimate of drug-likeness (QED) is 0.434. The summed E-state index contributed by atoms with van der Waals surface area (Å²) in [6, 6.07) is -0.820. The normalized spacial score (nSPS) is 12.5. The number of carbonyl (C=O) groups excluding carboxylic acids is 2. The third-order valence-electron chi connectivity index (χ3n) is 1.12. The van der Waals surface area contributed by atoms with Crippen LogP contribution in [0.4, 0.5) is 0 Å². The molecule has 0 aromatic carbocycles. The largest absolute Gasteiger partial charge is 0.394 e. The number of carbonyl (C=O) groups is 2. The average molecular weight is 160 g/mol. The summed E-state index contributed by atoms with van der Waals surface area (Å²) in [6.07, 6.45) is 0. The number of Topliss-reactive ketones (excluding diaryl/α,β-unsaturated/α-hetero) is 1. The highest BCUT2D eigenvalue weighted by Gasteiger charge is 2.12. The molecular formula is C6H12N2O3. The molecule has 0 aromatic rings. The summed E-state index contributed by atoms with van der Waals surface area (Å²) in [5, 5.41) is 11.0. The molecule has 0 radical (unpaired) electrons. The van der Waals surface area contributed by atoms with Gasteiger partial charge in [-0.05, 0) is 6.92 Å². The van der Waals surface area contributed by atoms with E-state index in [1.807, 2.05) is 0 Å². The Labute approximate surface area is 64.6 Å². The van der Waals surface area contributed by atoms with Crippen LogP contribution in [0.3, 0.4) is 0 Å². The molecule has 4 N–H and O–H groups in total. The monoisotopic (exact) mass is 160 g/mol. The topological polar surface area (TPSA) is 92.4 Å². The summed E-state index contributed by atoms with van der Waals surface area (Å²) in [5.41, 5.74) is 4.86. The van der Waals surface area contributed by atoms with Crippen LogP contribution in [-0.2, 0) is 9.59 Å². The maximum absolute atomic E-state index is 10.4. The highest BCUT2D eigenvalue weighted by Crippen LogP contribution is 1.78. The Hall–Kier alpha value is -0.940. The molecule has 0 aliphatic rings. The number of hydrogen-bond donors (Lipinski definition) is 3. The third kappa shape index (κ3) is 4.46. The second kappa shape index (κ2) is 4.81. The van der Waals surface area contributed by atoms with Crippen molar-refractivity contribution in [3.8, 4) is 0 Å². The van der Waals surface area contributed by atoms with Crippen molar-refractivity contribution in [2.24, 2.45) is 5.73 Å². The summed E-state index contributed by atoms with van der Waals surface area (Å²) in [5.74, 6) is -0.765. The maximum atomic E-state index is 10.4. The van der Waals surface area contributed by atoms with Crippen molar-refractivity contribution in [2.45, 2.75) is 13.0 Å². The lowest BCUT2D eigenvalue weighted by molar-refractivity contribution is -0.121. The molecule has 11 heavy (non-hydrogen) atoms. The van der Waals surface area contributed by atoms with Crippen LogP contribution in [0.2, 0.25) is 0 Å². The zero-order valence-electron chi connectivity index (χ0n) is 6.33. The Kier molecular flexibility index (Phi) is 4.40. The predicted molar refractivity (Wildman–Crippen MR) is 38.8 cm³/mol. The molecule has 5 nitrogen and oxygen atoms in total. The van der Waals surface area contributed by atoms with Crippen LogP contribution in [-0.4, -0.2) is 36.0 Å². The number of nitrogens with one attached hydrogen (secondary N) is 1. The highest BCUT2D eigenvalue weighted by atomic mass is 16.3. The SMILES string of the molecule is CC(=O)CN[C@@H](CO)C(N)=O. The fourth-order valence-electron chi connectivity index (χ4n) is 0.522. The maximum Gasteiger partial charge on any atom is 0.236 e. The Morgan fingerprint density at radius 1 is 1.64 bits per heavy atom. The fourth-order valence-corrected chi connectivity index (χ4v) is 0.522. The van der Waals surface area contributed by atoms with Gasteiger partial charge in [0.2, 0.25) is 5.91 Å². The molecule has 0 aliphatic carbocycles. The van der Waals surface area contributed by atoms with Crippen LogP contribution < -0.4 is 11.1 Å². The van der Waals surface area contributed by atoms with E-state index in [2.05, 4.69) is 5.32 Å². The van der Waals surface area contributed by atoms with Gasteiger partial charge in [-0.3, -0.25) is 14.9 Å². The molecule has 0 bridgehead atoms. The van der Waals surface area contributed by atoms with E-state index in [0.29, 0.717) is 0 Å². The van der Waals surface area contributed by atoms with Crippen LogP contribution in [0.1, 0.15) is 6.92 Å². The van der Waals surface area contributed by atoms with Crippen molar-refractivity contribution in [2.75, 3.05) is 13.2 Å². The second-order valence-corrected chi connectivity index (χ2v) is 2.22. The predicted octanol–water partition coefficient (Wildman–Crippen LogP) is -1.99. The molecule has 0 saturated carbocycles. The lowest BCUT2D eigenvalue weighted by Crippen LogP contribution is -2.45. The van der Waals surface area contributed by atoms with Gasteiger partial charge in [-0.1, -0.05) is 0 Å². The molecule has 0 saturated heterocycles. The van der Waals surface area contributed by atoms with E-state index >= 15 is 0 Å². The zero-order chi connectivity index (χ0) is 8.85. The van der Waals surface area contributed by atoms with Crippen LogP contribution in [0.15, 0.2) is 0 Å². The van der Waals surface area contributed by atoms with Crippen molar-refractivity contribution < 1.29 is 14.7 Å². The molecule has 1 amide bonds. The smallest absolute Gasteiger partial charge is 0.236 e. The first-order valence-electron chi connectivity index (χ1n) is 3.21. The highest BCUT2D eigenvalue weighted by molar-refractivity contribution is 5.82. The molecule has 1 atom stereocenters. The molecule has 0 fully saturated rings. The van der Waals surface area contributed by atoms with Gasteiger partial charge in [-0.2, -0.15) is 0 Å². The number of primary amides is 1. The molecule has 0 spiro atoms. The van der Waals surface area contributed by atoms with Gasteiger partial charge in [0.1, 0.15) is 11.8 Å². The summed E-state index contributed by atoms with van der Waals surface area (Å²) < 4.78 is 0. The fraction of sp³-hybridized carbons (Fsp3) is 0.667. The number of amides is 1. The molecule has 0 aromatic heterocycles. The Bertz CT molecular complexity index is 158. The van der Waals surface area contributed by atoms with E-state index in [1.54, 1.807) is 0 Å². The van der Waals surface area contributed by atoms with E-state index < -0.39 is 11.9 Å². The first kappa shape index (κ1) is 10.1. The zero-order valence-corrected chi connectivity index (χ0v) is 6.33. The summed E-state index contributed by atoms with van der Waals surface area (Å²) in [7, 11) is 0. The Morgan fingerprint density at radius 3 is 2.45 bits per heavy atom. The summed E-state index contributed by atoms with van der Waals surface area (Å²) in [6.45, 7) is 1.04. The standard InChI is InChI=1S/C6H12N2O3/c1-4(10)2-8-5(3-9)6(7)11/h5,8-9H,2-3H2,1H3,(H2,7,11)/t5-/m0/s1. The third-order valence-corrected chi connectivity index (χ3v) is 1.12. The minimum Gasteiger partial charge on any atom is -0.394 e. The molecule has 0 rings (SSSR count). The first-order valence-corrected chi connectivity index (χ1v) is 3.21. The lowest BCUT2D eigenvalue weighted by Gasteiger charge is -2.09. The van der Waals surface area contributed by atoms with Gasteiger partial charge in [-0.25, -0.2) is 0 Å². The van der Waals surface area contributed by atoms with Crippen molar-refractivity contribution in [1.29, 1.82) is 0 Å². The number of aliphatic hydroxyl groups is 1. The first-order chi connectivity index (χ1) is 5.07. The van der Waals surface area contributed by atoms with Crippen molar-refractivity contribution in [3.05, 3.63) is 0 Å². The van der Waals surface area contributed by atoms with Crippen molar-refractivity contribution >= 4 is 11.7 Å². The summed E-state index contributed by atoms with van der Waals surface area (Å²) >= 11 is 0. The van der Waals surface area contributed by atoms with Gasteiger partial charge < -0.3 is 10.8 Å². The van der Waals surface area contributed by atoms with Crippen LogP contribution >= 0.6 is 0 Å². The van der Waals surface area contributed by atoms with Crippen molar-refractivity contribution in [3.63, 3.8) is 0 Å². The average Bonchev–Trinajstić information content (AvgIpc) is 1.87. The molecule has 0 aliphatic heterocycles. The van der Waals surface area contributed by atoms with E-state index in [1.165, 1.54) is 6.92 Å². The van der Waals surface area contributed by atoms with Crippen LogP contribution in [0.5, 0.6) is 0 Å². The van der Waals surface area contributed by atoms with Crippen LogP contribution in [0, 0.1) is 0 Å². The molecule has 5 heteroatoms. The molecule has 64 valence electrons. The van der Waals surface area contributed by atoms with Gasteiger partial charge in [0.15, 0.2) is 0 Å². The lowest BCUT2D eigenvalue weighted by atomic mass is 10.3.